The Labute approximate surface area is 109 Å². The van der Waals surface area contributed by atoms with Crippen LogP contribution in [0.4, 0.5) is 0 Å². The van der Waals surface area contributed by atoms with Crippen molar-refractivity contribution in [2.45, 2.75) is 57.0 Å². The molecule has 0 radical (unpaired) electrons. The van der Waals surface area contributed by atoms with E-state index in [2.05, 4.69) is 5.10 Å². The second-order valence-corrected chi connectivity index (χ2v) is 6.99. The molecule has 1 aromatic rings. The molecule has 1 saturated heterocycles. The van der Waals surface area contributed by atoms with E-state index in [1.54, 1.807) is 23.0 Å². The van der Waals surface area contributed by atoms with Crippen molar-refractivity contribution < 1.29 is 8.42 Å². The average molecular weight is 271 g/mol. The average Bonchev–Trinajstić information content (AvgIpc) is 2.59. The summed E-state index contributed by atoms with van der Waals surface area (Å²) in [5.41, 5.74) is 0.694. The number of aryl methyl sites for hydroxylation is 1. The highest BCUT2D eigenvalue weighted by molar-refractivity contribution is 7.89. The van der Waals surface area contributed by atoms with E-state index in [4.69, 9.17) is 0 Å². The van der Waals surface area contributed by atoms with Gasteiger partial charge in [0.25, 0.3) is 0 Å². The maximum Gasteiger partial charge on any atom is 0.246 e. The van der Waals surface area contributed by atoms with Gasteiger partial charge in [0.15, 0.2) is 0 Å². The van der Waals surface area contributed by atoms with Crippen LogP contribution >= 0.6 is 0 Å². The number of piperidine rings is 1. The van der Waals surface area contributed by atoms with Crippen LogP contribution in [0.5, 0.6) is 0 Å². The van der Waals surface area contributed by atoms with Gasteiger partial charge in [-0.2, -0.15) is 9.40 Å². The zero-order valence-electron chi connectivity index (χ0n) is 11.4. The molecular formula is C12H21N3O2S. The van der Waals surface area contributed by atoms with Crippen molar-refractivity contribution in [1.29, 1.82) is 0 Å². The van der Waals surface area contributed by atoms with Crippen LogP contribution in [0.2, 0.25) is 0 Å². The van der Waals surface area contributed by atoms with E-state index in [9.17, 15) is 8.42 Å². The minimum Gasteiger partial charge on any atom is -0.272 e. The molecule has 5 nitrogen and oxygen atoms in total. The third kappa shape index (κ3) is 2.07. The van der Waals surface area contributed by atoms with E-state index in [-0.39, 0.29) is 12.1 Å². The van der Waals surface area contributed by atoms with E-state index in [0.29, 0.717) is 10.6 Å². The fourth-order valence-electron chi connectivity index (χ4n) is 2.72. The van der Waals surface area contributed by atoms with Crippen molar-refractivity contribution in [2.75, 3.05) is 0 Å². The highest BCUT2D eigenvalue weighted by atomic mass is 32.2. The standard InChI is InChI=1S/C12H21N3O2S/c1-9-6-5-7-10(2)15(9)18(16,17)12-8-13-14(4)11(12)3/h8-10H,5-7H2,1-4H3. The van der Waals surface area contributed by atoms with Gasteiger partial charge in [-0.05, 0) is 33.6 Å². The minimum atomic E-state index is -3.42. The number of hydrogen-bond donors (Lipinski definition) is 0. The lowest BCUT2D eigenvalue weighted by Gasteiger charge is -2.37. The molecule has 0 bridgehead atoms. The molecule has 2 unspecified atom stereocenters. The van der Waals surface area contributed by atoms with Crippen LogP contribution in [0.1, 0.15) is 38.8 Å². The van der Waals surface area contributed by atoms with Gasteiger partial charge in [-0.3, -0.25) is 4.68 Å². The van der Waals surface area contributed by atoms with Gasteiger partial charge in [0.2, 0.25) is 10.0 Å². The molecule has 6 heteroatoms. The number of nitrogens with zero attached hydrogens (tertiary/aromatic N) is 3. The summed E-state index contributed by atoms with van der Waals surface area (Å²) in [6.07, 6.45) is 4.42. The highest BCUT2D eigenvalue weighted by Crippen LogP contribution is 2.30. The molecule has 102 valence electrons. The molecule has 0 N–H and O–H groups in total. The maximum atomic E-state index is 12.7. The van der Waals surface area contributed by atoms with Crippen molar-refractivity contribution in [3.63, 3.8) is 0 Å². The van der Waals surface area contributed by atoms with E-state index >= 15 is 0 Å². The predicted molar refractivity (Wildman–Crippen MR) is 69.7 cm³/mol. The molecule has 2 atom stereocenters. The van der Waals surface area contributed by atoms with Crippen LogP contribution in [0.25, 0.3) is 0 Å². The summed E-state index contributed by atoms with van der Waals surface area (Å²) < 4.78 is 28.7. The minimum absolute atomic E-state index is 0.0679. The number of rotatable bonds is 2. The molecule has 1 fully saturated rings. The van der Waals surface area contributed by atoms with Gasteiger partial charge in [-0.1, -0.05) is 6.42 Å². The molecule has 0 saturated carbocycles. The zero-order valence-corrected chi connectivity index (χ0v) is 12.2. The van der Waals surface area contributed by atoms with Crippen LogP contribution in [0.3, 0.4) is 0 Å². The largest absolute Gasteiger partial charge is 0.272 e. The quantitative estimate of drug-likeness (QED) is 0.822. The third-order valence-electron chi connectivity index (χ3n) is 3.86. The first kappa shape index (κ1) is 13.5. The van der Waals surface area contributed by atoms with Crippen molar-refractivity contribution in [3.05, 3.63) is 11.9 Å². The van der Waals surface area contributed by atoms with Gasteiger partial charge in [0.05, 0.1) is 11.9 Å². The van der Waals surface area contributed by atoms with Crippen molar-refractivity contribution >= 4 is 10.0 Å². The van der Waals surface area contributed by atoms with Crippen LogP contribution in [-0.4, -0.2) is 34.6 Å². The Morgan fingerprint density at radius 3 is 2.28 bits per heavy atom. The molecule has 0 amide bonds. The van der Waals surface area contributed by atoms with Gasteiger partial charge in [0, 0.05) is 19.1 Å². The van der Waals surface area contributed by atoms with Gasteiger partial charge in [-0.25, -0.2) is 8.42 Å². The Hall–Kier alpha value is -0.880. The van der Waals surface area contributed by atoms with Gasteiger partial charge in [0.1, 0.15) is 4.90 Å². The molecular weight excluding hydrogens is 250 g/mol. The van der Waals surface area contributed by atoms with E-state index < -0.39 is 10.0 Å². The van der Waals surface area contributed by atoms with E-state index in [1.165, 1.54) is 6.20 Å². The first-order valence-corrected chi connectivity index (χ1v) is 7.82. The van der Waals surface area contributed by atoms with Gasteiger partial charge < -0.3 is 0 Å². The summed E-state index contributed by atoms with van der Waals surface area (Å²) >= 11 is 0. The van der Waals surface area contributed by atoms with E-state index in [0.717, 1.165) is 19.3 Å². The van der Waals surface area contributed by atoms with Crippen LogP contribution in [0, 0.1) is 6.92 Å². The lowest BCUT2D eigenvalue weighted by molar-refractivity contribution is 0.204. The van der Waals surface area contributed by atoms with Gasteiger partial charge >= 0.3 is 0 Å². The summed E-state index contributed by atoms with van der Waals surface area (Å²) in [5.74, 6) is 0. The van der Waals surface area contributed by atoms with Gasteiger partial charge in [-0.15, -0.1) is 0 Å². The van der Waals surface area contributed by atoms with Crippen LogP contribution in [0.15, 0.2) is 11.1 Å². The molecule has 2 rings (SSSR count). The van der Waals surface area contributed by atoms with Crippen molar-refractivity contribution in [3.8, 4) is 0 Å². The van der Waals surface area contributed by atoms with Crippen LogP contribution in [-0.2, 0) is 17.1 Å². The summed E-state index contributed by atoms with van der Waals surface area (Å²) in [6.45, 7) is 5.76. The topological polar surface area (TPSA) is 55.2 Å². The lowest BCUT2D eigenvalue weighted by atomic mass is 10.0. The SMILES string of the molecule is Cc1c(S(=O)(=O)N2C(C)CCCC2C)cnn1C. The predicted octanol–water partition coefficient (Wildman–Crippen LogP) is 1.68. The monoisotopic (exact) mass is 271 g/mol. The maximum absolute atomic E-state index is 12.7. The highest BCUT2D eigenvalue weighted by Gasteiger charge is 2.37. The molecule has 0 spiro atoms. The smallest absolute Gasteiger partial charge is 0.246 e. The Bertz CT molecular complexity index is 526. The van der Waals surface area contributed by atoms with Crippen molar-refractivity contribution in [1.82, 2.24) is 14.1 Å². The Morgan fingerprint density at radius 2 is 1.83 bits per heavy atom. The second-order valence-electron chi connectivity index (χ2n) is 5.18. The van der Waals surface area contributed by atoms with E-state index in [1.807, 2.05) is 13.8 Å². The number of hydrogen-bond acceptors (Lipinski definition) is 3. The van der Waals surface area contributed by atoms with Crippen LogP contribution < -0.4 is 0 Å². The second kappa shape index (κ2) is 4.66. The Morgan fingerprint density at radius 1 is 1.28 bits per heavy atom. The summed E-state index contributed by atoms with van der Waals surface area (Å²) in [6, 6.07) is 0.136. The lowest BCUT2D eigenvalue weighted by Crippen LogP contribution is -2.47. The molecule has 18 heavy (non-hydrogen) atoms. The van der Waals surface area contributed by atoms with Crippen molar-refractivity contribution in [2.24, 2.45) is 7.05 Å². The third-order valence-corrected chi connectivity index (χ3v) is 6.09. The Kier molecular flexibility index (Phi) is 3.51. The summed E-state index contributed by atoms with van der Waals surface area (Å²) in [4.78, 5) is 0.339. The zero-order chi connectivity index (χ0) is 13.5. The molecule has 1 aliphatic rings. The number of aromatic nitrogens is 2. The Balaban J connectivity index is 2.44. The molecule has 0 aromatic carbocycles. The fourth-order valence-corrected chi connectivity index (χ4v) is 4.79. The fraction of sp³-hybridized carbons (Fsp3) is 0.750. The molecule has 1 aromatic heterocycles. The number of sulfonamides is 1. The molecule has 0 aliphatic carbocycles. The first-order valence-electron chi connectivity index (χ1n) is 6.38. The summed E-state index contributed by atoms with van der Waals surface area (Å²) in [7, 11) is -1.66. The molecule has 1 aliphatic heterocycles. The molecule has 2 heterocycles. The normalized spacial score (nSPS) is 26.4. The summed E-state index contributed by atoms with van der Waals surface area (Å²) in [5, 5.41) is 4.04. The first-order chi connectivity index (χ1) is 8.35.